The molecule has 1 heterocycles. The lowest BCUT2D eigenvalue weighted by Crippen LogP contribution is -2.24. The Morgan fingerprint density at radius 2 is 2.00 bits per heavy atom. The number of likely N-dealkylation sites (tertiary alicyclic amines) is 1. The summed E-state index contributed by atoms with van der Waals surface area (Å²) in [5.41, 5.74) is 1.99. The smallest absolute Gasteiger partial charge is 0.223 e. The van der Waals surface area contributed by atoms with Crippen molar-refractivity contribution in [3.8, 4) is 0 Å². The van der Waals surface area contributed by atoms with Crippen LogP contribution < -0.4 is 0 Å². The van der Waals surface area contributed by atoms with Gasteiger partial charge in [0.15, 0.2) is 0 Å². The quantitative estimate of drug-likeness (QED) is 0.801. The van der Waals surface area contributed by atoms with Crippen LogP contribution in [0.5, 0.6) is 0 Å². The van der Waals surface area contributed by atoms with Gasteiger partial charge in [-0.05, 0) is 11.1 Å². The van der Waals surface area contributed by atoms with Crippen LogP contribution in [0.3, 0.4) is 0 Å². The average Bonchev–Trinajstić information content (AvgIpc) is 2.71. The molecular weight excluding hydrogens is 214 g/mol. The molecule has 1 atom stereocenters. The van der Waals surface area contributed by atoms with E-state index >= 15 is 0 Å². The molecule has 1 aliphatic heterocycles. The molecule has 17 heavy (non-hydrogen) atoms. The summed E-state index contributed by atoms with van der Waals surface area (Å²) in [6, 6.07) is 7.70. The second-order valence-electron chi connectivity index (χ2n) is 4.45. The molecule has 1 aromatic rings. The van der Waals surface area contributed by atoms with E-state index in [0.717, 1.165) is 17.7 Å². The van der Waals surface area contributed by atoms with E-state index in [1.165, 1.54) is 0 Å². The Balaban J connectivity index is 2.00. The second kappa shape index (κ2) is 5.15. The molecule has 3 heteroatoms. The number of hydrogen-bond donors (Lipinski definition) is 1. The monoisotopic (exact) mass is 231 g/mol. The van der Waals surface area contributed by atoms with Gasteiger partial charge < -0.3 is 10.0 Å². The number of rotatable bonds is 4. The maximum absolute atomic E-state index is 11.7. The van der Waals surface area contributed by atoms with Gasteiger partial charge in [0, 0.05) is 25.4 Å². The number of aliphatic hydroxyl groups excluding tert-OH is 1. The number of carbonyl (C=O) groups is 1. The van der Waals surface area contributed by atoms with Gasteiger partial charge >= 0.3 is 0 Å². The summed E-state index contributed by atoms with van der Waals surface area (Å²) in [6.07, 6.45) is 2.44. The lowest BCUT2D eigenvalue weighted by molar-refractivity contribution is -0.128. The van der Waals surface area contributed by atoms with Crippen molar-refractivity contribution in [3.05, 3.63) is 48.0 Å². The fourth-order valence-electron chi connectivity index (χ4n) is 2.08. The van der Waals surface area contributed by atoms with Gasteiger partial charge in [0.25, 0.3) is 0 Å². The van der Waals surface area contributed by atoms with Crippen molar-refractivity contribution in [3.63, 3.8) is 0 Å². The Hall–Kier alpha value is -1.61. The lowest BCUT2D eigenvalue weighted by atomic mass is 10.1. The molecule has 1 N–H and O–H groups in total. The molecule has 90 valence electrons. The van der Waals surface area contributed by atoms with Crippen LogP contribution in [0.4, 0.5) is 0 Å². The van der Waals surface area contributed by atoms with Crippen LogP contribution >= 0.6 is 0 Å². The van der Waals surface area contributed by atoms with Crippen molar-refractivity contribution < 1.29 is 9.90 Å². The van der Waals surface area contributed by atoms with Crippen LogP contribution in [0.2, 0.25) is 0 Å². The Bertz CT molecular complexity index is 411. The van der Waals surface area contributed by atoms with Gasteiger partial charge in [-0.2, -0.15) is 0 Å². The standard InChI is InChI=1S/C14H17NO2/c1-2-11-7-14(17)15(8-11)9-12-3-5-13(10-16)6-4-12/h2-6,11,16H,1,7-10H2. The molecule has 2 rings (SSSR count). The average molecular weight is 231 g/mol. The van der Waals surface area contributed by atoms with Gasteiger partial charge in [0.1, 0.15) is 0 Å². The number of amides is 1. The molecule has 1 saturated heterocycles. The third kappa shape index (κ3) is 2.74. The summed E-state index contributed by atoms with van der Waals surface area (Å²) in [4.78, 5) is 13.6. The van der Waals surface area contributed by atoms with Gasteiger partial charge in [-0.25, -0.2) is 0 Å². The molecule has 1 unspecified atom stereocenters. The van der Waals surface area contributed by atoms with Crippen molar-refractivity contribution in [1.29, 1.82) is 0 Å². The van der Waals surface area contributed by atoms with Crippen LogP contribution in [0, 0.1) is 5.92 Å². The fraction of sp³-hybridized carbons (Fsp3) is 0.357. The maximum Gasteiger partial charge on any atom is 0.223 e. The first-order chi connectivity index (χ1) is 8.22. The third-order valence-corrected chi connectivity index (χ3v) is 3.16. The highest BCUT2D eigenvalue weighted by molar-refractivity contribution is 5.78. The van der Waals surface area contributed by atoms with E-state index in [2.05, 4.69) is 6.58 Å². The molecule has 0 radical (unpaired) electrons. The summed E-state index contributed by atoms with van der Waals surface area (Å²) in [5, 5.41) is 8.95. The third-order valence-electron chi connectivity index (χ3n) is 3.16. The molecule has 1 aromatic carbocycles. The van der Waals surface area contributed by atoms with Gasteiger partial charge in [-0.15, -0.1) is 6.58 Å². The Labute approximate surface area is 101 Å². The van der Waals surface area contributed by atoms with Crippen LogP contribution in [-0.2, 0) is 17.9 Å². The first kappa shape index (κ1) is 11.9. The van der Waals surface area contributed by atoms with Crippen LogP contribution in [-0.4, -0.2) is 22.5 Å². The summed E-state index contributed by atoms with van der Waals surface area (Å²) in [6.45, 7) is 5.21. The van der Waals surface area contributed by atoms with E-state index in [0.29, 0.717) is 18.9 Å². The molecule has 1 aliphatic rings. The highest BCUT2D eigenvalue weighted by Crippen LogP contribution is 2.20. The maximum atomic E-state index is 11.7. The Morgan fingerprint density at radius 1 is 1.35 bits per heavy atom. The summed E-state index contributed by atoms with van der Waals surface area (Å²) < 4.78 is 0. The summed E-state index contributed by atoms with van der Waals surface area (Å²) in [5.74, 6) is 0.486. The number of hydrogen-bond acceptors (Lipinski definition) is 2. The minimum atomic E-state index is 0.0570. The van der Waals surface area contributed by atoms with Crippen LogP contribution in [0.1, 0.15) is 17.5 Å². The van der Waals surface area contributed by atoms with Crippen molar-refractivity contribution in [1.82, 2.24) is 4.90 Å². The SMILES string of the molecule is C=CC1CC(=O)N(Cc2ccc(CO)cc2)C1. The largest absolute Gasteiger partial charge is 0.392 e. The van der Waals surface area contributed by atoms with Crippen molar-refractivity contribution in [2.45, 2.75) is 19.6 Å². The zero-order chi connectivity index (χ0) is 12.3. The zero-order valence-corrected chi connectivity index (χ0v) is 9.80. The van der Waals surface area contributed by atoms with Crippen molar-refractivity contribution in [2.24, 2.45) is 5.92 Å². The summed E-state index contributed by atoms with van der Waals surface area (Å²) >= 11 is 0. The molecule has 0 saturated carbocycles. The highest BCUT2D eigenvalue weighted by atomic mass is 16.3. The van der Waals surface area contributed by atoms with Crippen LogP contribution in [0.25, 0.3) is 0 Å². The van der Waals surface area contributed by atoms with Crippen molar-refractivity contribution in [2.75, 3.05) is 6.54 Å². The molecule has 1 fully saturated rings. The molecule has 0 spiro atoms. The normalized spacial score (nSPS) is 19.7. The fourth-order valence-corrected chi connectivity index (χ4v) is 2.08. The number of benzene rings is 1. The van der Waals surface area contributed by atoms with E-state index in [9.17, 15) is 4.79 Å². The molecule has 0 aromatic heterocycles. The first-order valence-corrected chi connectivity index (χ1v) is 5.82. The minimum Gasteiger partial charge on any atom is -0.392 e. The number of carbonyl (C=O) groups excluding carboxylic acids is 1. The zero-order valence-electron chi connectivity index (χ0n) is 9.80. The second-order valence-corrected chi connectivity index (χ2v) is 4.45. The molecule has 1 amide bonds. The predicted molar refractivity (Wildman–Crippen MR) is 66.1 cm³/mol. The Morgan fingerprint density at radius 3 is 2.53 bits per heavy atom. The van der Waals surface area contributed by atoms with Crippen LogP contribution in [0.15, 0.2) is 36.9 Å². The molecule has 3 nitrogen and oxygen atoms in total. The van der Waals surface area contributed by atoms with E-state index < -0.39 is 0 Å². The van der Waals surface area contributed by atoms with Crippen molar-refractivity contribution >= 4 is 5.91 Å². The van der Waals surface area contributed by atoms with E-state index in [1.54, 1.807) is 0 Å². The van der Waals surface area contributed by atoms with E-state index in [1.807, 2.05) is 35.2 Å². The van der Waals surface area contributed by atoms with Gasteiger partial charge in [0.2, 0.25) is 5.91 Å². The van der Waals surface area contributed by atoms with Gasteiger partial charge in [0.05, 0.1) is 6.61 Å². The van der Waals surface area contributed by atoms with Gasteiger partial charge in [-0.1, -0.05) is 30.3 Å². The predicted octanol–water partition coefficient (Wildman–Crippen LogP) is 1.71. The molecule has 0 aliphatic carbocycles. The number of aliphatic hydroxyl groups is 1. The van der Waals surface area contributed by atoms with Gasteiger partial charge in [-0.3, -0.25) is 4.79 Å². The first-order valence-electron chi connectivity index (χ1n) is 5.82. The highest BCUT2D eigenvalue weighted by Gasteiger charge is 2.27. The Kier molecular flexibility index (Phi) is 3.59. The van der Waals surface area contributed by atoms with E-state index in [4.69, 9.17) is 5.11 Å². The lowest BCUT2D eigenvalue weighted by Gasteiger charge is -2.16. The molecule has 0 bridgehead atoms. The topological polar surface area (TPSA) is 40.5 Å². The summed E-state index contributed by atoms with van der Waals surface area (Å²) in [7, 11) is 0. The molecular formula is C14H17NO2. The van der Waals surface area contributed by atoms with E-state index in [-0.39, 0.29) is 12.5 Å². The minimum absolute atomic E-state index is 0.0570. The number of nitrogens with zero attached hydrogens (tertiary/aromatic N) is 1.